The highest BCUT2D eigenvalue weighted by atomic mass is 79.9. The Morgan fingerprint density at radius 2 is 1.90 bits per heavy atom. The maximum atomic E-state index is 9.92. The van der Waals surface area contributed by atoms with Crippen LogP contribution in [0.2, 0.25) is 0 Å². The van der Waals surface area contributed by atoms with Gasteiger partial charge in [0.2, 0.25) is 0 Å². The van der Waals surface area contributed by atoms with Crippen LogP contribution in [0.4, 0.5) is 0 Å². The Kier molecular flexibility index (Phi) is 5.65. The number of benzene rings is 2. The molecule has 4 heteroatoms. The van der Waals surface area contributed by atoms with E-state index in [4.69, 9.17) is 4.74 Å². The number of hydrogen-bond donors (Lipinski definition) is 2. The summed E-state index contributed by atoms with van der Waals surface area (Å²) in [7, 11) is 1.63. The van der Waals surface area contributed by atoms with Crippen molar-refractivity contribution in [1.82, 2.24) is 5.32 Å². The van der Waals surface area contributed by atoms with Crippen LogP contribution in [0.5, 0.6) is 11.5 Å². The number of rotatable bonds is 6. The number of halogens is 1. The Bertz CT molecular complexity index is 584. The van der Waals surface area contributed by atoms with Crippen LogP contribution in [-0.4, -0.2) is 12.2 Å². The SMILES string of the molecule is CCC(NCc1cc(OC)ccc1O)c1ccc(Br)cc1. The van der Waals surface area contributed by atoms with E-state index in [1.807, 2.05) is 18.2 Å². The average Bonchev–Trinajstić information content (AvgIpc) is 2.51. The molecule has 0 aliphatic rings. The molecule has 0 saturated carbocycles. The molecule has 1 unspecified atom stereocenters. The average molecular weight is 350 g/mol. The van der Waals surface area contributed by atoms with Crippen molar-refractivity contribution in [1.29, 1.82) is 0 Å². The molecule has 1 atom stereocenters. The lowest BCUT2D eigenvalue weighted by molar-refractivity contribution is 0.409. The topological polar surface area (TPSA) is 41.5 Å². The van der Waals surface area contributed by atoms with Crippen LogP contribution in [-0.2, 0) is 6.54 Å². The third-order valence-corrected chi connectivity index (χ3v) is 4.03. The molecule has 0 radical (unpaired) electrons. The molecule has 0 heterocycles. The summed E-state index contributed by atoms with van der Waals surface area (Å²) >= 11 is 3.45. The summed E-state index contributed by atoms with van der Waals surface area (Å²) in [5.74, 6) is 1.04. The Morgan fingerprint density at radius 1 is 1.19 bits per heavy atom. The van der Waals surface area contributed by atoms with Crippen molar-refractivity contribution in [3.05, 3.63) is 58.1 Å². The van der Waals surface area contributed by atoms with E-state index in [1.54, 1.807) is 19.2 Å². The second-order valence-corrected chi connectivity index (χ2v) is 5.80. The molecule has 0 aliphatic heterocycles. The van der Waals surface area contributed by atoms with E-state index in [2.05, 4.69) is 40.3 Å². The normalized spacial score (nSPS) is 12.1. The van der Waals surface area contributed by atoms with Gasteiger partial charge in [0.1, 0.15) is 11.5 Å². The highest BCUT2D eigenvalue weighted by molar-refractivity contribution is 9.10. The lowest BCUT2D eigenvalue weighted by Crippen LogP contribution is -2.20. The van der Waals surface area contributed by atoms with E-state index in [0.29, 0.717) is 6.54 Å². The molecule has 0 saturated heterocycles. The number of hydrogen-bond acceptors (Lipinski definition) is 3. The Hall–Kier alpha value is -1.52. The minimum atomic E-state index is 0.253. The summed E-state index contributed by atoms with van der Waals surface area (Å²) in [5.41, 5.74) is 2.08. The summed E-state index contributed by atoms with van der Waals surface area (Å²) in [6, 6.07) is 13.8. The molecule has 2 aromatic carbocycles. The van der Waals surface area contributed by atoms with Crippen LogP contribution in [0, 0.1) is 0 Å². The zero-order valence-corrected chi connectivity index (χ0v) is 13.9. The second-order valence-electron chi connectivity index (χ2n) is 4.89. The first-order valence-corrected chi connectivity index (χ1v) is 7.78. The molecule has 0 aromatic heterocycles. The van der Waals surface area contributed by atoms with E-state index < -0.39 is 0 Å². The van der Waals surface area contributed by atoms with Gasteiger partial charge in [0, 0.05) is 22.6 Å². The number of ether oxygens (including phenoxy) is 1. The van der Waals surface area contributed by atoms with Crippen LogP contribution in [0.15, 0.2) is 46.9 Å². The number of phenols is 1. The summed E-state index contributed by atoms with van der Waals surface area (Å²) in [6.45, 7) is 2.74. The van der Waals surface area contributed by atoms with Crippen molar-refractivity contribution in [2.75, 3.05) is 7.11 Å². The maximum Gasteiger partial charge on any atom is 0.120 e. The molecule has 2 N–H and O–H groups in total. The quantitative estimate of drug-likeness (QED) is 0.811. The van der Waals surface area contributed by atoms with Crippen LogP contribution in [0.1, 0.15) is 30.5 Å². The van der Waals surface area contributed by atoms with Crippen molar-refractivity contribution >= 4 is 15.9 Å². The first kappa shape index (κ1) is 15.9. The highest BCUT2D eigenvalue weighted by Crippen LogP contribution is 2.25. The van der Waals surface area contributed by atoms with Crippen LogP contribution in [0.3, 0.4) is 0 Å². The molecule has 0 spiro atoms. The largest absolute Gasteiger partial charge is 0.508 e. The van der Waals surface area contributed by atoms with Gasteiger partial charge < -0.3 is 15.2 Å². The second kappa shape index (κ2) is 7.48. The molecule has 0 amide bonds. The maximum absolute atomic E-state index is 9.92. The van der Waals surface area contributed by atoms with E-state index in [1.165, 1.54) is 5.56 Å². The van der Waals surface area contributed by atoms with Crippen molar-refractivity contribution in [2.24, 2.45) is 0 Å². The Balaban J connectivity index is 2.08. The number of aromatic hydroxyl groups is 1. The summed E-state index contributed by atoms with van der Waals surface area (Å²) in [6.07, 6.45) is 0.979. The predicted octanol–water partition coefficient (Wildman–Crippen LogP) is 4.40. The number of nitrogens with one attached hydrogen (secondary N) is 1. The fourth-order valence-corrected chi connectivity index (χ4v) is 2.52. The van der Waals surface area contributed by atoms with Gasteiger partial charge in [0.25, 0.3) is 0 Å². The van der Waals surface area contributed by atoms with Crippen LogP contribution >= 0.6 is 15.9 Å². The van der Waals surface area contributed by atoms with Crippen LogP contribution < -0.4 is 10.1 Å². The molecule has 2 aromatic rings. The Labute approximate surface area is 134 Å². The lowest BCUT2D eigenvalue weighted by atomic mass is 10.0. The summed E-state index contributed by atoms with van der Waals surface area (Å²) < 4.78 is 6.27. The first-order chi connectivity index (χ1) is 10.1. The molecule has 0 fully saturated rings. The molecule has 0 bridgehead atoms. The third-order valence-electron chi connectivity index (χ3n) is 3.51. The van der Waals surface area contributed by atoms with Gasteiger partial charge in [0.05, 0.1) is 7.11 Å². The van der Waals surface area contributed by atoms with Crippen molar-refractivity contribution < 1.29 is 9.84 Å². The predicted molar refractivity (Wildman–Crippen MR) is 88.7 cm³/mol. The fourth-order valence-electron chi connectivity index (χ4n) is 2.26. The van der Waals surface area contributed by atoms with E-state index in [9.17, 15) is 5.11 Å². The van der Waals surface area contributed by atoms with Gasteiger partial charge >= 0.3 is 0 Å². The van der Waals surface area contributed by atoms with Gasteiger partial charge in [-0.15, -0.1) is 0 Å². The molecule has 3 nitrogen and oxygen atoms in total. The number of phenolic OH excluding ortho intramolecular Hbond substituents is 1. The monoisotopic (exact) mass is 349 g/mol. The standard InChI is InChI=1S/C17H20BrNO2/c1-3-16(12-4-6-14(18)7-5-12)19-11-13-10-15(21-2)8-9-17(13)20/h4-10,16,19-20H,3,11H2,1-2H3. The van der Waals surface area contributed by atoms with Gasteiger partial charge in [-0.2, -0.15) is 0 Å². The smallest absolute Gasteiger partial charge is 0.120 e. The third kappa shape index (κ3) is 4.22. The lowest BCUT2D eigenvalue weighted by Gasteiger charge is -2.18. The molecule has 112 valence electrons. The van der Waals surface area contributed by atoms with Crippen molar-refractivity contribution in [3.8, 4) is 11.5 Å². The molecule has 21 heavy (non-hydrogen) atoms. The molecule has 2 rings (SSSR count). The van der Waals surface area contributed by atoms with Gasteiger partial charge in [0.15, 0.2) is 0 Å². The van der Waals surface area contributed by atoms with Crippen molar-refractivity contribution in [3.63, 3.8) is 0 Å². The van der Waals surface area contributed by atoms with Crippen LogP contribution in [0.25, 0.3) is 0 Å². The number of methoxy groups -OCH3 is 1. The minimum Gasteiger partial charge on any atom is -0.508 e. The van der Waals surface area contributed by atoms with Crippen molar-refractivity contribution in [2.45, 2.75) is 25.9 Å². The summed E-state index contributed by atoms with van der Waals surface area (Å²) in [5, 5.41) is 13.4. The van der Waals surface area contributed by atoms with Gasteiger partial charge in [-0.3, -0.25) is 0 Å². The molecular formula is C17H20BrNO2. The highest BCUT2D eigenvalue weighted by Gasteiger charge is 2.10. The van der Waals surface area contributed by atoms with E-state index in [-0.39, 0.29) is 11.8 Å². The van der Waals surface area contributed by atoms with Gasteiger partial charge in [-0.25, -0.2) is 0 Å². The van der Waals surface area contributed by atoms with Gasteiger partial charge in [-0.05, 0) is 42.3 Å². The first-order valence-electron chi connectivity index (χ1n) is 6.98. The van der Waals surface area contributed by atoms with E-state index >= 15 is 0 Å². The van der Waals surface area contributed by atoms with Gasteiger partial charge in [-0.1, -0.05) is 35.0 Å². The fraction of sp³-hybridized carbons (Fsp3) is 0.294. The Morgan fingerprint density at radius 3 is 2.52 bits per heavy atom. The summed E-state index contributed by atoms with van der Waals surface area (Å²) in [4.78, 5) is 0. The molecular weight excluding hydrogens is 330 g/mol. The van der Waals surface area contributed by atoms with E-state index in [0.717, 1.165) is 22.2 Å². The minimum absolute atomic E-state index is 0.253. The molecule has 0 aliphatic carbocycles. The zero-order chi connectivity index (χ0) is 15.2. The zero-order valence-electron chi connectivity index (χ0n) is 12.3.